The first-order valence-corrected chi connectivity index (χ1v) is 9.91. The number of imide groups is 1. The van der Waals surface area contributed by atoms with Gasteiger partial charge in [-0.1, -0.05) is 24.3 Å². The summed E-state index contributed by atoms with van der Waals surface area (Å²) in [5.74, 6) is -0.0726. The van der Waals surface area contributed by atoms with E-state index < -0.39 is 0 Å². The Morgan fingerprint density at radius 3 is 2.29 bits per heavy atom. The molecular formula is C24H18N4O3. The van der Waals surface area contributed by atoms with E-state index in [1.54, 1.807) is 24.3 Å². The van der Waals surface area contributed by atoms with Crippen LogP contribution in [0.1, 0.15) is 23.2 Å². The summed E-state index contributed by atoms with van der Waals surface area (Å²) in [7, 11) is 0. The van der Waals surface area contributed by atoms with Gasteiger partial charge in [-0.2, -0.15) is 0 Å². The van der Waals surface area contributed by atoms with Crippen molar-refractivity contribution >= 4 is 40.1 Å². The smallest absolute Gasteiger partial charge is 0.255 e. The third-order valence-corrected chi connectivity index (χ3v) is 5.26. The Labute approximate surface area is 177 Å². The number of rotatable bonds is 4. The number of aromatic amines is 1. The first-order chi connectivity index (χ1) is 15.1. The van der Waals surface area contributed by atoms with Gasteiger partial charge in [0.15, 0.2) is 0 Å². The van der Waals surface area contributed by atoms with E-state index in [0.717, 1.165) is 16.6 Å². The highest BCUT2D eigenvalue weighted by Crippen LogP contribution is 2.28. The number of aromatic nitrogens is 2. The number of imidazole rings is 1. The van der Waals surface area contributed by atoms with E-state index in [-0.39, 0.29) is 30.6 Å². The maximum absolute atomic E-state index is 12.8. The molecule has 1 aliphatic rings. The van der Waals surface area contributed by atoms with Crippen molar-refractivity contribution in [1.82, 2.24) is 9.97 Å². The maximum Gasteiger partial charge on any atom is 0.255 e. The number of amides is 3. The van der Waals surface area contributed by atoms with Crippen LogP contribution in [0.5, 0.6) is 0 Å². The molecule has 2 heterocycles. The first-order valence-electron chi connectivity index (χ1n) is 9.91. The van der Waals surface area contributed by atoms with Gasteiger partial charge in [0.1, 0.15) is 5.82 Å². The average Bonchev–Trinajstić information content (AvgIpc) is 3.37. The largest absolute Gasteiger partial charge is 0.338 e. The summed E-state index contributed by atoms with van der Waals surface area (Å²) < 4.78 is 0. The number of hydrogen-bond acceptors (Lipinski definition) is 4. The summed E-state index contributed by atoms with van der Waals surface area (Å²) in [6, 6.07) is 21.6. The molecule has 0 spiro atoms. The predicted octanol–water partition coefficient (Wildman–Crippen LogP) is 4.14. The SMILES string of the molecule is O=C(Nc1ccccc1-c1nc2ccccc2[nH]1)c1ccc(N2C(=O)CCC2=O)cc1. The molecule has 4 aromatic rings. The van der Waals surface area contributed by atoms with Crippen LogP contribution in [0, 0.1) is 0 Å². The molecule has 3 aromatic carbocycles. The van der Waals surface area contributed by atoms with E-state index in [1.165, 1.54) is 4.90 Å². The first kappa shape index (κ1) is 18.7. The van der Waals surface area contributed by atoms with Crippen LogP contribution in [0.25, 0.3) is 22.4 Å². The van der Waals surface area contributed by atoms with Crippen molar-refractivity contribution in [2.75, 3.05) is 10.2 Å². The van der Waals surface area contributed by atoms with Gasteiger partial charge in [0.25, 0.3) is 5.91 Å². The Morgan fingerprint density at radius 2 is 1.55 bits per heavy atom. The van der Waals surface area contributed by atoms with E-state index in [4.69, 9.17) is 0 Å². The maximum atomic E-state index is 12.8. The highest BCUT2D eigenvalue weighted by molar-refractivity contribution is 6.20. The number of carbonyl (C=O) groups excluding carboxylic acids is 3. The molecule has 0 unspecified atom stereocenters. The Balaban J connectivity index is 1.40. The summed E-state index contributed by atoms with van der Waals surface area (Å²) in [6.07, 6.45) is 0.444. The Bertz CT molecular complexity index is 1280. The molecule has 31 heavy (non-hydrogen) atoms. The minimum atomic E-state index is -0.297. The van der Waals surface area contributed by atoms with Crippen LogP contribution >= 0.6 is 0 Å². The van der Waals surface area contributed by atoms with Crippen molar-refractivity contribution in [3.63, 3.8) is 0 Å². The molecule has 1 aliphatic heterocycles. The van der Waals surface area contributed by atoms with Crippen molar-refractivity contribution in [3.8, 4) is 11.4 Å². The van der Waals surface area contributed by atoms with Gasteiger partial charge in [0.2, 0.25) is 11.8 Å². The summed E-state index contributed by atoms with van der Waals surface area (Å²) >= 11 is 0. The normalized spacial score (nSPS) is 13.7. The predicted molar refractivity (Wildman–Crippen MR) is 118 cm³/mol. The average molecular weight is 410 g/mol. The number of anilines is 2. The molecule has 7 nitrogen and oxygen atoms in total. The number of nitrogens with one attached hydrogen (secondary N) is 2. The van der Waals surface area contributed by atoms with Gasteiger partial charge in [-0.15, -0.1) is 0 Å². The van der Waals surface area contributed by atoms with Gasteiger partial charge in [0.05, 0.1) is 22.4 Å². The lowest BCUT2D eigenvalue weighted by Gasteiger charge is -2.14. The molecule has 0 radical (unpaired) electrons. The van der Waals surface area contributed by atoms with Crippen LogP contribution in [0.2, 0.25) is 0 Å². The van der Waals surface area contributed by atoms with Crippen molar-refractivity contribution < 1.29 is 14.4 Å². The van der Waals surface area contributed by atoms with Crippen LogP contribution in [-0.4, -0.2) is 27.7 Å². The van der Waals surface area contributed by atoms with Gasteiger partial charge in [-0.25, -0.2) is 4.98 Å². The molecule has 2 N–H and O–H groups in total. The van der Waals surface area contributed by atoms with Gasteiger partial charge < -0.3 is 10.3 Å². The second kappa shape index (κ2) is 7.53. The molecule has 152 valence electrons. The molecule has 1 fully saturated rings. The van der Waals surface area contributed by atoms with Crippen LogP contribution in [0.15, 0.2) is 72.8 Å². The molecule has 0 atom stereocenters. The van der Waals surface area contributed by atoms with Crippen LogP contribution in [0.3, 0.4) is 0 Å². The van der Waals surface area contributed by atoms with Gasteiger partial charge in [0, 0.05) is 24.0 Å². The summed E-state index contributed by atoms with van der Waals surface area (Å²) in [4.78, 5) is 45.7. The number of carbonyl (C=O) groups is 3. The minimum Gasteiger partial charge on any atom is -0.338 e. The minimum absolute atomic E-state index is 0.220. The number of H-pyrrole nitrogens is 1. The second-order valence-corrected chi connectivity index (χ2v) is 7.27. The fraction of sp³-hybridized carbons (Fsp3) is 0.0833. The van der Waals surface area contributed by atoms with E-state index in [1.807, 2.05) is 48.5 Å². The molecule has 5 rings (SSSR count). The zero-order valence-electron chi connectivity index (χ0n) is 16.5. The van der Waals surface area contributed by atoms with E-state index >= 15 is 0 Å². The quantitative estimate of drug-likeness (QED) is 0.495. The molecule has 1 saturated heterocycles. The summed E-state index contributed by atoms with van der Waals surface area (Å²) in [6.45, 7) is 0. The number of fused-ring (bicyclic) bond motifs is 1. The second-order valence-electron chi connectivity index (χ2n) is 7.27. The topological polar surface area (TPSA) is 95.2 Å². The lowest BCUT2D eigenvalue weighted by atomic mass is 10.1. The number of hydrogen-bond donors (Lipinski definition) is 2. The van der Waals surface area contributed by atoms with Crippen molar-refractivity contribution in [2.45, 2.75) is 12.8 Å². The van der Waals surface area contributed by atoms with Crippen molar-refractivity contribution in [1.29, 1.82) is 0 Å². The number of benzene rings is 3. The number of nitrogens with zero attached hydrogens (tertiary/aromatic N) is 2. The van der Waals surface area contributed by atoms with Crippen molar-refractivity contribution in [2.24, 2.45) is 0 Å². The van der Waals surface area contributed by atoms with Gasteiger partial charge >= 0.3 is 0 Å². The van der Waals surface area contributed by atoms with Crippen molar-refractivity contribution in [3.05, 3.63) is 78.4 Å². The Kier molecular flexibility index (Phi) is 4.55. The Morgan fingerprint density at radius 1 is 0.871 bits per heavy atom. The lowest BCUT2D eigenvalue weighted by molar-refractivity contribution is -0.121. The highest BCUT2D eigenvalue weighted by Gasteiger charge is 2.30. The van der Waals surface area contributed by atoms with Crippen LogP contribution in [-0.2, 0) is 9.59 Å². The Hall–Kier alpha value is -4.26. The lowest BCUT2D eigenvalue weighted by Crippen LogP contribution is -2.28. The molecule has 0 bridgehead atoms. The monoisotopic (exact) mass is 410 g/mol. The fourth-order valence-electron chi connectivity index (χ4n) is 3.70. The molecular weight excluding hydrogens is 392 g/mol. The van der Waals surface area contributed by atoms with Crippen LogP contribution in [0.4, 0.5) is 11.4 Å². The van der Waals surface area contributed by atoms with Crippen LogP contribution < -0.4 is 10.2 Å². The highest BCUT2D eigenvalue weighted by atomic mass is 16.2. The molecule has 7 heteroatoms. The molecule has 0 saturated carbocycles. The van der Waals surface area contributed by atoms with E-state index in [0.29, 0.717) is 22.8 Å². The van der Waals surface area contributed by atoms with Gasteiger partial charge in [-0.05, 0) is 48.5 Å². The fourth-order valence-corrected chi connectivity index (χ4v) is 3.70. The zero-order valence-corrected chi connectivity index (χ0v) is 16.5. The molecule has 3 amide bonds. The van der Waals surface area contributed by atoms with E-state index in [2.05, 4.69) is 15.3 Å². The standard InChI is InChI=1S/C24H18N4O3/c29-21-13-14-22(30)28(21)16-11-9-15(10-12-16)24(31)27-18-6-2-1-5-17(18)23-25-19-7-3-4-8-20(19)26-23/h1-12H,13-14H2,(H,25,26)(H,27,31). The number of para-hydroxylation sites is 3. The van der Waals surface area contributed by atoms with Gasteiger partial charge in [-0.3, -0.25) is 19.3 Å². The summed E-state index contributed by atoms with van der Waals surface area (Å²) in [5, 5.41) is 2.93. The third-order valence-electron chi connectivity index (χ3n) is 5.26. The third kappa shape index (κ3) is 3.46. The summed E-state index contributed by atoms with van der Waals surface area (Å²) in [5.41, 5.74) is 4.06. The molecule has 0 aliphatic carbocycles. The van der Waals surface area contributed by atoms with E-state index in [9.17, 15) is 14.4 Å². The molecule has 1 aromatic heterocycles. The zero-order chi connectivity index (χ0) is 21.4.